The van der Waals surface area contributed by atoms with Crippen LogP contribution in [-0.2, 0) is 10.0 Å². The molecule has 0 spiro atoms. The van der Waals surface area contributed by atoms with E-state index in [0.29, 0.717) is 0 Å². The molecular formula is C17H15N3O8S. The van der Waals surface area contributed by atoms with Crippen molar-refractivity contribution in [1.29, 1.82) is 0 Å². The monoisotopic (exact) mass is 421 g/mol. The predicted octanol–water partition coefficient (Wildman–Crippen LogP) is 3.21. The Balaban J connectivity index is 1.98. The number of anilines is 1. The standard InChI is InChI=1S/C17H15N3O8S/c1-2-29(25,26)19-16-9-15(28-18-16)17-13(22)7-11(21)8-14(17)27-12-5-3-10(4-6-12)20(23)24/h3-9,21-22H,2H2,1H3,(H,18,19). The van der Waals surface area contributed by atoms with E-state index in [1.54, 1.807) is 0 Å². The zero-order valence-electron chi connectivity index (χ0n) is 14.9. The van der Waals surface area contributed by atoms with Gasteiger partial charge in [0.05, 0.1) is 10.7 Å². The number of hydrogen-bond acceptors (Lipinski definition) is 9. The topological polar surface area (TPSA) is 165 Å². The highest BCUT2D eigenvalue weighted by molar-refractivity contribution is 7.92. The molecule has 12 heteroatoms. The van der Waals surface area contributed by atoms with Gasteiger partial charge in [0, 0.05) is 30.3 Å². The van der Waals surface area contributed by atoms with Crippen LogP contribution in [0.2, 0.25) is 0 Å². The Morgan fingerprint density at radius 2 is 1.90 bits per heavy atom. The first-order valence-electron chi connectivity index (χ1n) is 8.14. The SMILES string of the molecule is CCS(=O)(=O)Nc1cc(-c2c(O)cc(O)cc2Oc2ccc([N+](=O)[O-])cc2)on1. The van der Waals surface area contributed by atoms with E-state index in [2.05, 4.69) is 9.88 Å². The molecule has 1 aromatic heterocycles. The molecule has 0 amide bonds. The van der Waals surface area contributed by atoms with Gasteiger partial charge < -0.3 is 19.5 Å². The number of nitrogens with zero attached hydrogens (tertiary/aromatic N) is 2. The first-order chi connectivity index (χ1) is 13.7. The molecular weight excluding hydrogens is 406 g/mol. The van der Waals surface area contributed by atoms with Gasteiger partial charge in [0.2, 0.25) is 10.0 Å². The van der Waals surface area contributed by atoms with Gasteiger partial charge in [0.1, 0.15) is 28.6 Å². The minimum Gasteiger partial charge on any atom is -0.508 e. The second-order valence-corrected chi connectivity index (χ2v) is 7.78. The Morgan fingerprint density at radius 1 is 1.21 bits per heavy atom. The van der Waals surface area contributed by atoms with E-state index in [0.717, 1.165) is 6.07 Å². The molecule has 0 unspecified atom stereocenters. The summed E-state index contributed by atoms with van der Waals surface area (Å²) in [5, 5.41) is 34.4. The summed E-state index contributed by atoms with van der Waals surface area (Å²) < 4.78 is 36.3. The lowest BCUT2D eigenvalue weighted by molar-refractivity contribution is -0.384. The molecule has 152 valence electrons. The molecule has 1 heterocycles. The zero-order chi connectivity index (χ0) is 21.2. The molecule has 0 aliphatic heterocycles. The molecule has 0 bridgehead atoms. The van der Waals surface area contributed by atoms with Crippen LogP contribution in [0.15, 0.2) is 47.0 Å². The van der Waals surface area contributed by atoms with Crippen molar-refractivity contribution >= 4 is 21.5 Å². The Kier molecular flexibility index (Phi) is 5.28. The fraction of sp³-hybridized carbons (Fsp3) is 0.118. The van der Waals surface area contributed by atoms with Gasteiger partial charge in [-0.2, -0.15) is 0 Å². The van der Waals surface area contributed by atoms with E-state index in [9.17, 15) is 28.7 Å². The van der Waals surface area contributed by atoms with Gasteiger partial charge in [0.25, 0.3) is 5.69 Å². The number of nitro benzene ring substituents is 1. The highest BCUT2D eigenvalue weighted by atomic mass is 32.2. The molecule has 3 aromatic rings. The van der Waals surface area contributed by atoms with Crippen LogP contribution in [0.4, 0.5) is 11.5 Å². The van der Waals surface area contributed by atoms with Crippen LogP contribution in [0.1, 0.15) is 6.92 Å². The Labute approximate surface area is 164 Å². The van der Waals surface area contributed by atoms with Gasteiger partial charge in [-0.1, -0.05) is 5.16 Å². The lowest BCUT2D eigenvalue weighted by Gasteiger charge is -2.11. The van der Waals surface area contributed by atoms with Crippen LogP contribution < -0.4 is 9.46 Å². The number of aromatic nitrogens is 1. The van der Waals surface area contributed by atoms with Crippen molar-refractivity contribution in [1.82, 2.24) is 5.16 Å². The third-order valence-corrected chi connectivity index (χ3v) is 5.02. The fourth-order valence-corrected chi connectivity index (χ4v) is 2.91. The second kappa shape index (κ2) is 7.67. The van der Waals surface area contributed by atoms with Gasteiger partial charge in [-0.3, -0.25) is 14.8 Å². The first kappa shape index (κ1) is 19.9. The van der Waals surface area contributed by atoms with Crippen LogP contribution in [0.5, 0.6) is 23.0 Å². The summed E-state index contributed by atoms with van der Waals surface area (Å²) >= 11 is 0. The predicted molar refractivity (Wildman–Crippen MR) is 102 cm³/mol. The Hall–Kier alpha value is -3.80. The van der Waals surface area contributed by atoms with Gasteiger partial charge >= 0.3 is 0 Å². The summed E-state index contributed by atoms with van der Waals surface area (Å²) in [5.41, 5.74) is -0.144. The maximum absolute atomic E-state index is 11.7. The third kappa shape index (κ3) is 4.55. The molecule has 0 fully saturated rings. The number of sulfonamides is 1. The average molecular weight is 421 g/mol. The number of rotatable bonds is 7. The van der Waals surface area contributed by atoms with Crippen molar-refractivity contribution in [2.24, 2.45) is 0 Å². The van der Waals surface area contributed by atoms with Crippen LogP contribution in [0.25, 0.3) is 11.3 Å². The maximum Gasteiger partial charge on any atom is 0.269 e. The van der Waals surface area contributed by atoms with Gasteiger partial charge in [-0.25, -0.2) is 8.42 Å². The molecule has 0 aliphatic rings. The normalized spacial score (nSPS) is 11.2. The van der Waals surface area contributed by atoms with Gasteiger partial charge in [0.15, 0.2) is 11.6 Å². The van der Waals surface area contributed by atoms with Crippen LogP contribution in [-0.4, -0.2) is 34.5 Å². The summed E-state index contributed by atoms with van der Waals surface area (Å²) in [6, 6.07) is 8.59. The molecule has 3 rings (SSSR count). The summed E-state index contributed by atoms with van der Waals surface area (Å²) in [6.45, 7) is 1.45. The van der Waals surface area contributed by atoms with E-state index < -0.39 is 20.7 Å². The van der Waals surface area contributed by atoms with Crippen LogP contribution in [0, 0.1) is 10.1 Å². The number of nitro groups is 1. The number of phenolic OH excluding ortho intramolecular Hbond substituents is 2. The first-order valence-corrected chi connectivity index (χ1v) is 9.79. The summed E-state index contributed by atoms with van der Waals surface area (Å²) in [5.74, 6) is -0.888. The van der Waals surface area contributed by atoms with Crippen LogP contribution >= 0.6 is 0 Å². The Bertz CT molecular complexity index is 1160. The van der Waals surface area contributed by atoms with E-state index in [1.807, 2.05) is 0 Å². The summed E-state index contributed by atoms with van der Waals surface area (Å²) in [6.07, 6.45) is 0. The van der Waals surface area contributed by atoms with Crippen molar-refractivity contribution in [3.63, 3.8) is 0 Å². The lowest BCUT2D eigenvalue weighted by Crippen LogP contribution is -2.14. The number of ether oxygens (including phenoxy) is 1. The van der Waals surface area contributed by atoms with Crippen molar-refractivity contribution in [3.05, 3.63) is 52.6 Å². The van der Waals surface area contributed by atoms with E-state index in [1.165, 1.54) is 43.3 Å². The van der Waals surface area contributed by atoms with Gasteiger partial charge in [-0.05, 0) is 19.1 Å². The molecule has 0 radical (unpaired) electrons. The smallest absolute Gasteiger partial charge is 0.269 e. The number of aromatic hydroxyl groups is 2. The van der Waals surface area contributed by atoms with E-state index in [-0.39, 0.29) is 45.8 Å². The van der Waals surface area contributed by atoms with Crippen LogP contribution in [0.3, 0.4) is 0 Å². The number of benzene rings is 2. The van der Waals surface area contributed by atoms with Crippen molar-refractivity contribution < 1.29 is 32.8 Å². The third-order valence-electron chi connectivity index (χ3n) is 3.74. The highest BCUT2D eigenvalue weighted by Crippen LogP contribution is 2.43. The maximum atomic E-state index is 11.7. The van der Waals surface area contributed by atoms with E-state index in [4.69, 9.17) is 9.26 Å². The molecule has 0 aliphatic carbocycles. The summed E-state index contributed by atoms with van der Waals surface area (Å²) in [4.78, 5) is 10.2. The average Bonchev–Trinajstić information content (AvgIpc) is 3.08. The minimum absolute atomic E-state index is 0.00407. The molecule has 3 N–H and O–H groups in total. The van der Waals surface area contributed by atoms with Crippen molar-refractivity contribution in [2.45, 2.75) is 6.92 Å². The molecule has 2 aromatic carbocycles. The number of phenols is 2. The fourth-order valence-electron chi connectivity index (χ4n) is 2.35. The van der Waals surface area contributed by atoms with E-state index >= 15 is 0 Å². The number of non-ortho nitro benzene ring substituents is 1. The minimum atomic E-state index is -3.59. The second-order valence-electron chi connectivity index (χ2n) is 5.77. The van der Waals surface area contributed by atoms with Crippen molar-refractivity contribution in [2.75, 3.05) is 10.5 Å². The highest BCUT2D eigenvalue weighted by Gasteiger charge is 2.21. The summed E-state index contributed by atoms with van der Waals surface area (Å²) in [7, 11) is -3.59. The molecule has 0 saturated heterocycles. The zero-order valence-corrected chi connectivity index (χ0v) is 15.7. The van der Waals surface area contributed by atoms with Crippen molar-refractivity contribution in [3.8, 4) is 34.3 Å². The molecule has 0 saturated carbocycles. The molecule has 0 atom stereocenters. The number of hydrogen-bond donors (Lipinski definition) is 3. The molecule has 11 nitrogen and oxygen atoms in total. The quantitative estimate of drug-likeness (QED) is 0.383. The number of nitrogens with one attached hydrogen (secondary N) is 1. The Morgan fingerprint density at radius 3 is 2.52 bits per heavy atom. The largest absolute Gasteiger partial charge is 0.508 e. The lowest BCUT2D eigenvalue weighted by atomic mass is 10.1. The van der Waals surface area contributed by atoms with Gasteiger partial charge in [-0.15, -0.1) is 0 Å². The molecule has 29 heavy (non-hydrogen) atoms.